The van der Waals surface area contributed by atoms with Gasteiger partial charge in [0.05, 0.1) is 0 Å². The number of allylic oxidation sites excluding steroid dienone is 5. The Balaban J connectivity index is 1.68. The van der Waals surface area contributed by atoms with E-state index in [0.29, 0.717) is 11.7 Å². The largest absolute Gasteiger partial charge is 0.508 e. The summed E-state index contributed by atoms with van der Waals surface area (Å²) in [5.41, 5.74) is 7.96. The van der Waals surface area contributed by atoms with E-state index in [0.717, 1.165) is 23.5 Å². The van der Waals surface area contributed by atoms with E-state index in [1.165, 1.54) is 32.1 Å². The molecule has 0 bridgehead atoms. The Hall–Kier alpha value is -1.18. The van der Waals surface area contributed by atoms with Crippen molar-refractivity contribution in [1.82, 2.24) is 0 Å². The highest BCUT2D eigenvalue weighted by atomic mass is 16.3. The Bertz CT molecular complexity index is 560. The van der Waals surface area contributed by atoms with Gasteiger partial charge in [-0.25, -0.2) is 0 Å². The van der Waals surface area contributed by atoms with Crippen LogP contribution in [-0.4, -0.2) is 5.11 Å². The molecule has 21 heavy (non-hydrogen) atoms. The summed E-state index contributed by atoms with van der Waals surface area (Å²) in [7, 11) is 0. The Labute approximate surface area is 127 Å². The van der Waals surface area contributed by atoms with Crippen molar-refractivity contribution in [3.05, 3.63) is 35.8 Å². The van der Waals surface area contributed by atoms with Gasteiger partial charge in [0.2, 0.25) is 0 Å². The first-order valence-corrected chi connectivity index (χ1v) is 8.51. The zero-order chi connectivity index (χ0) is 14.8. The number of aliphatic hydroxyl groups is 1. The molecule has 0 unspecified atom stereocenters. The van der Waals surface area contributed by atoms with Gasteiger partial charge < -0.3 is 10.8 Å². The van der Waals surface area contributed by atoms with Crippen LogP contribution in [0, 0.1) is 34.5 Å². The van der Waals surface area contributed by atoms with E-state index in [1.807, 2.05) is 6.08 Å². The zero-order valence-corrected chi connectivity index (χ0v) is 13.2. The highest BCUT2D eigenvalue weighted by Gasteiger charge is 2.56. The average Bonchev–Trinajstić information content (AvgIpc) is 2.76. The van der Waals surface area contributed by atoms with Gasteiger partial charge in [-0.3, -0.25) is 0 Å². The molecule has 0 aromatic carbocycles. The maximum atomic E-state index is 9.83. The molecule has 3 N–H and O–H groups in total. The van der Waals surface area contributed by atoms with Crippen LogP contribution in [0.2, 0.25) is 0 Å². The number of rotatable bonds is 0. The Kier molecular flexibility index (Phi) is 2.68. The summed E-state index contributed by atoms with van der Waals surface area (Å²) in [4.78, 5) is 0. The fraction of sp³-hybridized carbons (Fsp3) is 0.684. The fourth-order valence-corrected chi connectivity index (χ4v) is 6.06. The van der Waals surface area contributed by atoms with E-state index in [4.69, 9.17) is 5.73 Å². The standard InChI is InChI=1S/C19H27NO/c1-18-9-7-13(21)11-12(18)3-4-14-15-5-6-17(20)19(15,2)10-8-16(14)18/h6-7,9,11-12,14-16,21H,3-5,8,10,20H2,1-2H3/t12-,14+,15+,16+,18+,19+/m1/s1. The number of nitrogens with two attached hydrogens (primary N) is 1. The molecule has 4 aliphatic rings. The van der Waals surface area contributed by atoms with Crippen molar-refractivity contribution in [2.45, 2.75) is 46.0 Å². The van der Waals surface area contributed by atoms with Gasteiger partial charge in [0.1, 0.15) is 5.76 Å². The molecule has 0 heterocycles. The Morgan fingerprint density at radius 1 is 1.19 bits per heavy atom. The smallest absolute Gasteiger partial charge is 0.111 e. The molecule has 0 aromatic heterocycles. The van der Waals surface area contributed by atoms with Crippen molar-refractivity contribution in [1.29, 1.82) is 0 Å². The lowest BCUT2D eigenvalue weighted by Gasteiger charge is -2.57. The lowest BCUT2D eigenvalue weighted by molar-refractivity contribution is -0.0486. The minimum absolute atomic E-state index is 0.230. The van der Waals surface area contributed by atoms with Crippen LogP contribution in [0.15, 0.2) is 35.8 Å². The summed E-state index contributed by atoms with van der Waals surface area (Å²) in [6, 6.07) is 0. The summed E-state index contributed by atoms with van der Waals surface area (Å²) in [6.07, 6.45) is 14.8. The van der Waals surface area contributed by atoms with Crippen LogP contribution < -0.4 is 5.73 Å². The van der Waals surface area contributed by atoms with Crippen LogP contribution in [0.1, 0.15) is 46.0 Å². The van der Waals surface area contributed by atoms with Crippen LogP contribution in [0.3, 0.4) is 0 Å². The second-order valence-corrected chi connectivity index (χ2v) is 8.20. The van der Waals surface area contributed by atoms with Crippen LogP contribution in [0.4, 0.5) is 0 Å². The van der Waals surface area contributed by atoms with E-state index < -0.39 is 0 Å². The van der Waals surface area contributed by atoms with Gasteiger partial charge in [0.15, 0.2) is 0 Å². The second-order valence-electron chi connectivity index (χ2n) is 8.20. The van der Waals surface area contributed by atoms with Crippen molar-refractivity contribution in [2.24, 2.45) is 40.2 Å². The van der Waals surface area contributed by atoms with Crippen LogP contribution in [0.5, 0.6) is 0 Å². The van der Waals surface area contributed by atoms with Crippen LogP contribution in [0.25, 0.3) is 0 Å². The molecular formula is C19H27NO. The molecule has 114 valence electrons. The van der Waals surface area contributed by atoms with Crippen molar-refractivity contribution in [3.8, 4) is 0 Å². The number of hydrogen-bond donors (Lipinski definition) is 2. The fourth-order valence-electron chi connectivity index (χ4n) is 6.06. The second kappa shape index (κ2) is 4.18. The summed E-state index contributed by atoms with van der Waals surface area (Å²) in [6.45, 7) is 4.81. The highest BCUT2D eigenvalue weighted by molar-refractivity contribution is 5.29. The number of aliphatic hydroxyl groups excluding tert-OH is 1. The lowest BCUT2D eigenvalue weighted by Crippen LogP contribution is -2.51. The maximum Gasteiger partial charge on any atom is 0.111 e. The molecule has 4 rings (SSSR count). The summed E-state index contributed by atoms with van der Waals surface area (Å²) < 4.78 is 0. The highest BCUT2D eigenvalue weighted by Crippen LogP contribution is 2.64. The first kappa shape index (κ1) is 13.5. The Morgan fingerprint density at radius 2 is 2.00 bits per heavy atom. The quantitative estimate of drug-likeness (QED) is 0.696. The van der Waals surface area contributed by atoms with Crippen molar-refractivity contribution >= 4 is 0 Å². The van der Waals surface area contributed by atoms with Crippen molar-refractivity contribution in [2.75, 3.05) is 0 Å². The minimum atomic E-state index is 0.230. The van der Waals surface area contributed by atoms with E-state index >= 15 is 0 Å². The zero-order valence-electron chi connectivity index (χ0n) is 13.2. The molecule has 0 aromatic rings. The number of hydrogen-bond acceptors (Lipinski definition) is 2. The van der Waals surface area contributed by atoms with Crippen LogP contribution in [-0.2, 0) is 0 Å². The van der Waals surface area contributed by atoms with Gasteiger partial charge in [-0.2, -0.15) is 0 Å². The predicted molar refractivity (Wildman–Crippen MR) is 85.4 cm³/mol. The van der Waals surface area contributed by atoms with Gasteiger partial charge in [0, 0.05) is 11.1 Å². The monoisotopic (exact) mass is 285 g/mol. The van der Waals surface area contributed by atoms with Gasteiger partial charge in [-0.1, -0.05) is 26.0 Å². The van der Waals surface area contributed by atoms with E-state index in [1.54, 1.807) is 0 Å². The predicted octanol–water partition coefficient (Wildman–Crippen LogP) is 4.31. The molecule has 6 atom stereocenters. The Morgan fingerprint density at radius 3 is 2.81 bits per heavy atom. The molecule has 0 radical (unpaired) electrons. The van der Waals surface area contributed by atoms with E-state index in [9.17, 15) is 5.11 Å². The number of fused-ring (bicyclic) bond motifs is 5. The molecular weight excluding hydrogens is 258 g/mol. The first-order chi connectivity index (χ1) is 9.95. The SMILES string of the molecule is C[C@]12C=CC(O)=C[C@H]1CC[C@@H]1[C@@H]2CC[C@]2(C)C(N)=CC[C@@H]12. The van der Waals surface area contributed by atoms with Crippen molar-refractivity contribution < 1.29 is 5.11 Å². The molecule has 2 heteroatoms. The average molecular weight is 285 g/mol. The van der Waals surface area contributed by atoms with Gasteiger partial charge >= 0.3 is 0 Å². The molecule has 0 aliphatic heterocycles. The molecule has 0 amide bonds. The molecule has 0 saturated heterocycles. The summed E-state index contributed by atoms with van der Waals surface area (Å²) in [5.74, 6) is 3.25. The topological polar surface area (TPSA) is 46.2 Å². The maximum absolute atomic E-state index is 9.83. The van der Waals surface area contributed by atoms with E-state index in [-0.39, 0.29) is 10.8 Å². The molecule has 0 spiro atoms. The normalized spacial score (nSPS) is 51.5. The lowest BCUT2D eigenvalue weighted by atomic mass is 9.47. The summed E-state index contributed by atoms with van der Waals surface area (Å²) in [5, 5.41) is 9.83. The van der Waals surface area contributed by atoms with Gasteiger partial charge in [0.25, 0.3) is 0 Å². The molecule has 2 fully saturated rings. The van der Waals surface area contributed by atoms with Gasteiger partial charge in [-0.15, -0.1) is 0 Å². The van der Waals surface area contributed by atoms with Crippen LogP contribution >= 0.6 is 0 Å². The minimum Gasteiger partial charge on any atom is -0.508 e. The first-order valence-electron chi connectivity index (χ1n) is 8.51. The third kappa shape index (κ3) is 1.65. The molecule has 4 aliphatic carbocycles. The third-order valence-electron chi connectivity index (χ3n) is 7.47. The molecule has 2 saturated carbocycles. The van der Waals surface area contributed by atoms with E-state index in [2.05, 4.69) is 32.1 Å². The summed E-state index contributed by atoms with van der Waals surface area (Å²) >= 11 is 0. The van der Waals surface area contributed by atoms with Gasteiger partial charge in [-0.05, 0) is 73.3 Å². The third-order valence-corrected chi connectivity index (χ3v) is 7.47. The van der Waals surface area contributed by atoms with Crippen molar-refractivity contribution in [3.63, 3.8) is 0 Å². The molecule has 2 nitrogen and oxygen atoms in total.